The fourth-order valence-corrected chi connectivity index (χ4v) is 34.8. The zero-order valence-corrected chi connectivity index (χ0v) is 85.3. The Bertz CT molecular complexity index is 5390. The lowest BCUT2D eigenvalue weighted by atomic mass is 9.44. The van der Waals surface area contributed by atoms with Gasteiger partial charge in [0.2, 0.25) is 29.8 Å². The highest BCUT2D eigenvalue weighted by molar-refractivity contribution is 6.07. The molecule has 0 radical (unpaired) electrons. The number of allylic oxidation sites excluding steroid dienone is 16. The van der Waals surface area contributed by atoms with Gasteiger partial charge in [0.25, 0.3) is 0 Å². The molecule has 12 saturated carbocycles. The van der Waals surface area contributed by atoms with Gasteiger partial charge in [-0.3, -0.25) is 24.1 Å². The number of rotatable bonds is 13. The largest absolute Gasteiger partial charge is 0.479 e. The number of aliphatic hydroxyl groups is 4. The van der Waals surface area contributed by atoms with E-state index in [4.69, 9.17) is 91.2 Å². The van der Waals surface area contributed by atoms with Crippen molar-refractivity contribution in [1.82, 2.24) is 0 Å². The summed E-state index contributed by atoms with van der Waals surface area (Å²) < 4.78 is 154. The molecule has 35 atom stereocenters. The number of hydrogen-bond donors (Lipinski definition) is 7. The first-order chi connectivity index (χ1) is 68.0. The fraction of sp³-hybridized carbons (Fsp3) is 0.757. The van der Waals surface area contributed by atoms with E-state index in [1.54, 1.807) is 56.4 Å². The number of nitrogens with zero attached hydrogens (tertiary/aromatic N) is 3. The van der Waals surface area contributed by atoms with Crippen molar-refractivity contribution >= 4 is 46.6 Å². The molecule has 804 valence electrons. The number of carbonyl (C=O) groups excluding carboxylic acids is 4. The molecule has 22 rings (SSSR count). The number of Topliss-reactive ketones (excluding diaryl/α,β-unsaturated/α-hetero) is 1. The molecule has 0 amide bonds. The number of aliphatic carboxylic acids is 1. The Morgan fingerprint density at radius 1 is 0.448 bits per heavy atom. The summed E-state index contributed by atoms with van der Waals surface area (Å²) >= 11 is 0. The van der Waals surface area contributed by atoms with Crippen LogP contribution >= 0.6 is 0 Å². The second-order valence-corrected chi connectivity index (χ2v) is 46.1. The van der Waals surface area contributed by atoms with Crippen molar-refractivity contribution in [2.45, 2.75) is 307 Å². The van der Waals surface area contributed by atoms with Crippen molar-refractivity contribution in [2.24, 2.45) is 136 Å². The van der Waals surface area contributed by atoms with Crippen molar-refractivity contribution in [3.8, 4) is 0 Å². The van der Waals surface area contributed by atoms with Crippen molar-refractivity contribution in [2.75, 3.05) is 88.0 Å². The number of carboxylic acid groups (broad SMARTS) is 1. The maximum Gasteiger partial charge on any atom is 0.344 e. The molecule has 18 fully saturated rings. The number of ether oxygens (including phenoxy) is 14. The summed E-state index contributed by atoms with van der Waals surface area (Å²) in [6.07, 6.45) is 24.3. The van der Waals surface area contributed by atoms with Gasteiger partial charge in [-0.15, -0.1) is 0 Å². The van der Waals surface area contributed by atoms with E-state index in [-0.39, 0.29) is 172 Å². The lowest BCUT2D eigenvalue weighted by Gasteiger charge is -2.63. The van der Waals surface area contributed by atoms with E-state index in [9.17, 15) is 44.4 Å². The molecular formula is C107H148F4N4O30. The molecule has 22 aliphatic rings. The third kappa shape index (κ3) is 14.6. The molecule has 0 aromatic rings. The molecule has 145 heavy (non-hydrogen) atoms. The van der Waals surface area contributed by atoms with Crippen LogP contribution in [0.1, 0.15) is 220 Å². The van der Waals surface area contributed by atoms with Crippen LogP contribution < -0.4 is 5.90 Å². The molecule has 38 heteroatoms. The second kappa shape index (κ2) is 38.0. The van der Waals surface area contributed by atoms with Gasteiger partial charge in [-0.05, 0) is 227 Å². The highest BCUT2D eigenvalue weighted by atomic mass is 19.2. The Kier molecular flexibility index (Phi) is 28.5. The summed E-state index contributed by atoms with van der Waals surface area (Å²) in [6.45, 7) is 30.6. The molecule has 3 unspecified atom stereocenters. The molecule has 0 aromatic carbocycles. The summed E-state index contributed by atoms with van der Waals surface area (Å²) in [4.78, 5) is 83.0. The summed E-state index contributed by atoms with van der Waals surface area (Å²) in [7, 11) is 2.96. The van der Waals surface area contributed by atoms with Crippen LogP contribution in [0.2, 0.25) is 0 Å². The number of alkyl halides is 4. The normalized spacial score (nSPS) is 49.6. The first-order valence-electron chi connectivity index (χ1n) is 51.1. The van der Waals surface area contributed by atoms with Crippen LogP contribution in [-0.2, 0) is 115 Å². The number of halogens is 4. The zero-order valence-electron chi connectivity index (χ0n) is 85.3. The van der Waals surface area contributed by atoms with Crippen LogP contribution in [0.3, 0.4) is 0 Å². The van der Waals surface area contributed by atoms with Gasteiger partial charge >= 0.3 is 23.9 Å². The van der Waals surface area contributed by atoms with Gasteiger partial charge in [0.15, 0.2) is 81.4 Å². The van der Waals surface area contributed by atoms with Gasteiger partial charge in [-0.25, -0.2) is 22.4 Å². The number of carboxylic acids is 1. The zero-order chi connectivity index (χ0) is 104. The number of aliphatic hydroxyl groups excluding tert-OH is 4. The first-order valence-corrected chi connectivity index (χ1v) is 51.1. The van der Waals surface area contributed by atoms with E-state index in [1.165, 1.54) is 20.3 Å². The number of ketones is 2. The highest BCUT2D eigenvalue weighted by Crippen LogP contribution is 2.80. The molecule has 0 aromatic heterocycles. The van der Waals surface area contributed by atoms with Crippen LogP contribution in [0.5, 0.6) is 0 Å². The molecule has 6 heterocycles. The molecule has 34 nitrogen and oxygen atoms in total. The van der Waals surface area contributed by atoms with Crippen molar-refractivity contribution in [1.29, 1.82) is 0 Å². The summed E-state index contributed by atoms with van der Waals surface area (Å²) in [6, 6.07) is 0. The number of oxime groups is 3. The molecule has 6 spiro atoms. The Morgan fingerprint density at radius 2 is 0.766 bits per heavy atom. The topological polar surface area (TPSA) is 445 Å². The fourth-order valence-electron chi connectivity index (χ4n) is 34.8. The first kappa shape index (κ1) is 109. The van der Waals surface area contributed by atoms with Crippen molar-refractivity contribution < 1.29 is 163 Å². The minimum absolute atomic E-state index is 0. The number of hydrogen-bond acceptors (Lipinski definition) is 33. The molecular weight excluding hydrogens is 1900 g/mol. The van der Waals surface area contributed by atoms with Gasteiger partial charge in [-0.1, -0.05) is 139 Å². The quantitative estimate of drug-likeness (QED) is 0.0296. The number of fused-ring (bicyclic) bond motifs is 26. The molecule has 6 saturated heterocycles. The summed E-state index contributed by atoms with van der Waals surface area (Å²) in [5.41, 5.74) is -13.2. The Morgan fingerprint density at radius 3 is 1.08 bits per heavy atom. The van der Waals surface area contributed by atoms with Gasteiger partial charge in [-0.2, -0.15) is 11.2 Å². The molecule has 8 N–H and O–H groups in total. The van der Waals surface area contributed by atoms with E-state index in [0.29, 0.717) is 68.5 Å². The smallest absolute Gasteiger partial charge is 0.344 e. The average molecular weight is 2050 g/mol. The van der Waals surface area contributed by atoms with E-state index in [2.05, 4.69) is 79.2 Å². The molecule has 0 bridgehead atoms. The summed E-state index contributed by atoms with van der Waals surface area (Å²) in [5.74, 6) is -4.20. The maximum absolute atomic E-state index is 17.6. The van der Waals surface area contributed by atoms with E-state index < -0.39 is 185 Å². The standard InChI is InChI=1S/C29H40FNO7.C26H34FNO8.C25H34FNO6.C24H31FO6.C2H5NO3.CH4/c1-7-24(34)37-16-23(33)29(38-25(35)8-2)17(3)13-21-20-10-9-18-14-19(31-36-6)11-12-26(18,4)28(20,30)22(32)15-27(21,29)5;1-15-8-19-18-5-4-16-9-17(28-36-11-21(30)31)6-7-22(16,2)25(18,27)20(29)10-23(19,3)26(15)24(34-14-35-26)12-32-13-33-24;1-15-9-19-18-6-5-16-10-17(27-29-4)7-8-21(16,2)24(18,26)20(28)11-22(19,3)25(15)23(32-14-33-25)12-30-13-31-23;1-14-8-18-17-5-4-15-9-16(26)6-7-20(15,2)23(17,25)19(27)10-21(18,3)24(14)22(30-13-31-24)11-28-12-29-22;1-2(5-3)6-4;/h11-12,14,17,20-22,32H,7-10,13,15-16H2,1-6H3;6-7,9,15,18-20,29H,4-5,8,10-14H2,1-3H3,(H,30,31);7-8,10,15,18-20,28H,5-6,9,11-14H2,1-4H3;6-7,9,14,17-19,27H,4-5,8,10-13H2,1-3H3;4H,1,3H2;1H4/b31-19+;28-17+;27-17+;;;/t17-,20-,21-,22-,26-,27-,28-,29+;15-,18-,19-,20-,22-,23-,24?,25-,26+;15-,18-,19-,20-,21-,22-,23?,24-,25+;14-,17-,18-,19-,20-,21-,22?,23-,24+;;/m0000../s1. The minimum Gasteiger partial charge on any atom is -0.479 e. The van der Waals surface area contributed by atoms with Crippen molar-refractivity contribution in [3.05, 3.63) is 108 Å². The van der Waals surface area contributed by atoms with E-state index >= 15 is 17.6 Å². The number of esters is 2. The predicted molar refractivity (Wildman–Crippen MR) is 510 cm³/mol. The van der Waals surface area contributed by atoms with Crippen LogP contribution in [-0.4, -0.2) is 252 Å². The van der Waals surface area contributed by atoms with E-state index in [1.807, 2.05) is 65.8 Å². The SMILES string of the molecule is C.C=C(ON)OO.CCC(=O)OCC(=O)[C@]1(OC(=O)CC)[C@@H](C)C[C@H]2[C@@H]3CCC4=C/C(=N/OC)C=C[C@]4(C)[C@@]3(F)[C@@H](O)C[C@@]21C.CO/N=C1\C=C[C@@]2(C)C(=C1)CC[C@H]1[C@@H]3C[C@H](C)[C@@]4(OCOC45COCO5)[C@@]3(C)C[C@H](O)[C@@]12F.C[C@H]1C[C@H]2[C@@H]3CCC4=C/C(=N/OCC(=O)O)C=C[C@]4(C)[C@@]3(F)[C@@H](O)C[C@]2(C)[C@]12OCOC21COCO1.C[C@H]1C[C@H]2[C@@H]3CCC4=CC(=O)C=C[C@]4(C)[C@@]3(F)[C@@H](O)C[C@]2(C)[C@]12OCOC21COCO1. The minimum atomic E-state index is -2.00. The maximum atomic E-state index is 17.6. The van der Waals surface area contributed by atoms with Gasteiger partial charge in [0, 0.05) is 85.8 Å². The third-order valence-corrected chi connectivity index (χ3v) is 40.8. The average Bonchev–Trinajstić information content (AvgIpc) is 1.50. The van der Waals surface area contributed by atoms with E-state index in [0.717, 1.165) is 48.0 Å². The number of carbonyl (C=O) groups is 5. The Hall–Kier alpha value is -7.58. The van der Waals surface area contributed by atoms with Crippen LogP contribution in [0.25, 0.3) is 0 Å². The van der Waals surface area contributed by atoms with Crippen molar-refractivity contribution in [3.63, 3.8) is 0 Å². The third-order valence-electron chi connectivity index (χ3n) is 40.8. The monoisotopic (exact) mass is 2050 g/mol. The summed E-state index contributed by atoms with van der Waals surface area (Å²) in [5, 5.41) is 74.7. The lowest BCUT2D eigenvalue weighted by molar-refractivity contribution is -0.277. The lowest BCUT2D eigenvalue weighted by Crippen LogP contribution is -2.71. The van der Waals surface area contributed by atoms with Gasteiger partial charge in [0.1, 0.15) is 68.0 Å². The van der Waals surface area contributed by atoms with Crippen LogP contribution in [0.4, 0.5) is 17.6 Å². The van der Waals surface area contributed by atoms with Crippen LogP contribution in [0, 0.1) is 114 Å². The Balaban J connectivity index is 0.000000130. The predicted octanol–water partition coefficient (Wildman–Crippen LogP) is 14.2. The second-order valence-electron chi connectivity index (χ2n) is 46.1. The molecule has 16 aliphatic carbocycles. The number of nitrogens with two attached hydrogens (primary N) is 1. The highest BCUT2D eigenvalue weighted by Gasteiger charge is 2.87. The molecule has 6 aliphatic heterocycles. The van der Waals surface area contributed by atoms with Crippen LogP contribution in [0.15, 0.2) is 123 Å². The Labute approximate surface area is 843 Å². The van der Waals surface area contributed by atoms with Gasteiger partial charge < -0.3 is 111 Å². The van der Waals surface area contributed by atoms with Gasteiger partial charge in [0.05, 0.1) is 24.4 Å².